The number of anilines is 1. The average Bonchev–Trinajstić information content (AvgIpc) is 3.25. The van der Waals surface area contributed by atoms with Crippen LogP contribution in [-0.2, 0) is 7.05 Å². The van der Waals surface area contributed by atoms with Crippen molar-refractivity contribution in [2.24, 2.45) is 7.05 Å². The van der Waals surface area contributed by atoms with Gasteiger partial charge in [-0.2, -0.15) is 0 Å². The summed E-state index contributed by atoms with van der Waals surface area (Å²) in [5.41, 5.74) is 9.39. The molecule has 0 aliphatic rings. The number of hydrogen-bond donors (Lipinski definition) is 1. The third-order valence-corrected chi connectivity index (χ3v) is 21.5. The second-order valence-corrected chi connectivity index (χ2v) is 21.9. The summed E-state index contributed by atoms with van der Waals surface area (Å²) in [7, 11) is 1.91. The van der Waals surface area contributed by atoms with Crippen molar-refractivity contribution in [3.8, 4) is 22.6 Å². The van der Waals surface area contributed by atoms with Gasteiger partial charge in [-0.05, 0) is 0 Å². The van der Waals surface area contributed by atoms with E-state index in [9.17, 15) is 0 Å². The molecule has 0 aliphatic carbocycles. The fourth-order valence-corrected chi connectivity index (χ4v) is 20.0. The predicted octanol–water partition coefficient (Wildman–Crippen LogP) is 5.58. The van der Waals surface area contributed by atoms with Gasteiger partial charge in [0.2, 0.25) is 0 Å². The van der Waals surface area contributed by atoms with Gasteiger partial charge in [-0.1, -0.05) is 0 Å². The first-order valence-electron chi connectivity index (χ1n) is 12.1. The number of aryl methyl sites for hydroxylation is 1. The van der Waals surface area contributed by atoms with Crippen LogP contribution in [0.15, 0.2) is 36.7 Å². The van der Waals surface area contributed by atoms with Crippen molar-refractivity contribution in [2.75, 3.05) is 5.73 Å². The summed E-state index contributed by atoms with van der Waals surface area (Å²) in [5.74, 6) is 0.268. The molecule has 3 aromatic heterocycles. The number of hydrogen-bond acceptors (Lipinski definition) is 5. The van der Waals surface area contributed by atoms with Gasteiger partial charge in [0, 0.05) is 0 Å². The summed E-state index contributed by atoms with van der Waals surface area (Å²) >= 11 is -2.64. The van der Waals surface area contributed by atoms with E-state index in [1.54, 1.807) is 10.9 Å². The summed E-state index contributed by atoms with van der Waals surface area (Å²) in [5, 5.41) is 4.57. The molecular weight excluding hydrogens is 503 g/mol. The van der Waals surface area contributed by atoms with Crippen LogP contribution in [0.2, 0.25) is 13.3 Å². The van der Waals surface area contributed by atoms with Crippen molar-refractivity contribution in [2.45, 2.75) is 72.6 Å². The topological polar surface area (TPSA) is 82.5 Å². The van der Waals surface area contributed by atoms with Crippen LogP contribution in [0, 0.1) is 0 Å². The normalized spacial score (nSPS) is 11.8. The number of aromatic nitrogens is 5. The van der Waals surface area contributed by atoms with E-state index in [1.165, 1.54) is 55.5 Å². The number of nitrogens with two attached hydrogens (primary N) is 1. The molecule has 0 saturated heterocycles. The van der Waals surface area contributed by atoms with E-state index < -0.39 is 18.4 Å². The number of nitrogens with zero attached hydrogens (tertiary/aromatic N) is 5. The molecule has 2 N–H and O–H groups in total. The number of pyridine rings is 1. The zero-order chi connectivity index (χ0) is 23.0. The molecule has 0 atom stereocenters. The molecule has 32 heavy (non-hydrogen) atoms. The third kappa shape index (κ3) is 5.88. The first-order chi connectivity index (χ1) is 15.5. The van der Waals surface area contributed by atoms with Crippen molar-refractivity contribution < 1.29 is 0 Å². The first-order valence-corrected chi connectivity index (χ1v) is 19.6. The van der Waals surface area contributed by atoms with Crippen LogP contribution in [0.5, 0.6) is 0 Å². The van der Waals surface area contributed by atoms with Gasteiger partial charge in [-0.25, -0.2) is 0 Å². The Morgan fingerprint density at radius 1 is 0.875 bits per heavy atom. The molecule has 0 aromatic carbocycles. The monoisotopic (exact) mass is 542 g/mol. The summed E-state index contributed by atoms with van der Waals surface area (Å²) in [4.78, 5) is 14.2. The number of rotatable bonds is 12. The molecule has 0 aliphatic heterocycles. The maximum atomic E-state index is 6.01. The molecule has 0 bridgehead atoms. The van der Waals surface area contributed by atoms with Crippen molar-refractivity contribution in [3.05, 3.63) is 36.7 Å². The fourth-order valence-electron chi connectivity index (χ4n) is 4.50. The first kappa shape index (κ1) is 24.7. The molecule has 172 valence electrons. The number of unbranched alkanes of at least 4 members (excludes halogenated alkanes) is 3. The zero-order valence-electron chi connectivity index (χ0n) is 20.1. The molecule has 0 amide bonds. The van der Waals surface area contributed by atoms with Crippen LogP contribution < -0.4 is 9.44 Å². The fraction of sp³-hybridized carbons (Fsp3) is 0.520. The van der Waals surface area contributed by atoms with Gasteiger partial charge in [-0.15, -0.1) is 0 Å². The minimum atomic E-state index is -2.64. The number of nitrogen functional groups attached to an aromatic ring is 1. The van der Waals surface area contributed by atoms with Gasteiger partial charge < -0.3 is 0 Å². The van der Waals surface area contributed by atoms with Gasteiger partial charge in [0.1, 0.15) is 0 Å². The SMILES string of the molecule is CCC[CH2][Sn]([CH2]CCC)([CH2]CCC)[c]1cccc(-c2nc(N)ncc2-c2ccn(C)n2)n1. The predicted molar refractivity (Wildman–Crippen MR) is 136 cm³/mol. The Morgan fingerprint density at radius 2 is 1.53 bits per heavy atom. The minimum absolute atomic E-state index is 0.268. The van der Waals surface area contributed by atoms with Crippen molar-refractivity contribution in [1.29, 1.82) is 0 Å². The van der Waals surface area contributed by atoms with E-state index >= 15 is 0 Å². The van der Waals surface area contributed by atoms with Crippen molar-refractivity contribution >= 4 is 28.0 Å². The second-order valence-electron chi connectivity index (χ2n) is 8.86. The van der Waals surface area contributed by atoms with Gasteiger partial charge in [0.15, 0.2) is 0 Å². The molecule has 0 saturated carbocycles. The van der Waals surface area contributed by atoms with Crippen LogP contribution in [0.25, 0.3) is 22.6 Å². The van der Waals surface area contributed by atoms with Gasteiger partial charge in [-0.3, -0.25) is 0 Å². The van der Waals surface area contributed by atoms with Crippen LogP contribution in [-0.4, -0.2) is 43.1 Å². The molecule has 0 spiro atoms. The quantitative estimate of drug-likeness (QED) is 0.303. The second kappa shape index (κ2) is 11.8. The Balaban J connectivity index is 2.10. The van der Waals surface area contributed by atoms with Crippen LogP contribution in [0.1, 0.15) is 59.3 Å². The molecule has 3 aromatic rings. The zero-order valence-corrected chi connectivity index (χ0v) is 23.0. The maximum absolute atomic E-state index is 6.01. The van der Waals surface area contributed by atoms with E-state index in [1.807, 2.05) is 19.3 Å². The summed E-state index contributed by atoms with van der Waals surface area (Å²) in [6, 6.07) is 8.53. The molecule has 3 rings (SSSR count). The Bertz CT molecular complexity index is 978. The summed E-state index contributed by atoms with van der Waals surface area (Å²) in [6.07, 6.45) is 11.4. The van der Waals surface area contributed by atoms with Crippen molar-refractivity contribution in [1.82, 2.24) is 24.7 Å². The summed E-state index contributed by atoms with van der Waals surface area (Å²) in [6.45, 7) is 6.93. The average molecular weight is 541 g/mol. The Morgan fingerprint density at radius 3 is 2.09 bits per heavy atom. The van der Waals surface area contributed by atoms with Crippen LogP contribution in [0.4, 0.5) is 5.95 Å². The van der Waals surface area contributed by atoms with Crippen LogP contribution >= 0.6 is 0 Å². The molecule has 0 unspecified atom stereocenters. The van der Waals surface area contributed by atoms with Gasteiger partial charge >= 0.3 is 197 Å². The van der Waals surface area contributed by atoms with E-state index in [0.717, 1.165) is 22.6 Å². The van der Waals surface area contributed by atoms with E-state index in [-0.39, 0.29) is 5.95 Å². The molecule has 0 radical (unpaired) electrons. The van der Waals surface area contributed by atoms with Gasteiger partial charge in [0.25, 0.3) is 0 Å². The molecular formula is C25H38N6Sn. The Kier molecular flexibility index (Phi) is 9.08. The van der Waals surface area contributed by atoms with Gasteiger partial charge in [0.05, 0.1) is 0 Å². The molecule has 7 heteroatoms. The Hall–Kier alpha value is -1.96. The van der Waals surface area contributed by atoms with E-state index in [0.29, 0.717) is 0 Å². The standard InChI is InChI=1S/C13H11N6.3C4H9.Sn/c1-19-7-5-10(18-19)9-8-16-13(14)17-12(9)11-4-2-3-6-15-11;3*1-3-4-2;/h2-5,7-8H,1H3,(H2,14,16,17);3*1,3-4H2,2H3;. The molecule has 6 nitrogen and oxygen atoms in total. The molecule has 0 fully saturated rings. The Labute approximate surface area is 197 Å². The third-order valence-electron chi connectivity index (χ3n) is 6.36. The molecule has 3 heterocycles. The van der Waals surface area contributed by atoms with E-state index in [2.05, 4.69) is 54.0 Å². The van der Waals surface area contributed by atoms with Crippen molar-refractivity contribution in [3.63, 3.8) is 0 Å². The van der Waals surface area contributed by atoms with Crippen LogP contribution in [0.3, 0.4) is 0 Å². The van der Waals surface area contributed by atoms with E-state index in [4.69, 9.17) is 10.7 Å². The summed E-state index contributed by atoms with van der Waals surface area (Å²) < 4.78 is 7.36.